The van der Waals surface area contributed by atoms with Crippen LogP contribution >= 0.6 is 0 Å². The zero-order valence-corrected chi connectivity index (χ0v) is 12.0. The van der Waals surface area contributed by atoms with Crippen molar-refractivity contribution in [3.05, 3.63) is 23.9 Å². The first-order valence-corrected chi connectivity index (χ1v) is 7.05. The molecule has 19 heavy (non-hydrogen) atoms. The lowest BCUT2D eigenvalue weighted by Gasteiger charge is -2.34. The molecule has 1 amide bonds. The van der Waals surface area contributed by atoms with Gasteiger partial charge in [0, 0.05) is 30.7 Å². The maximum Gasteiger partial charge on any atom is 0.222 e. The molecule has 0 aromatic carbocycles. The van der Waals surface area contributed by atoms with E-state index in [-0.39, 0.29) is 17.9 Å². The van der Waals surface area contributed by atoms with Gasteiger partial charge in [0.25, 0.3) is 0 Å². The minimum Gasteiger partial charge on any atom is -0.355 e. The van der Waals surface area contributed by atoms with E-state index < -0.39 is 0 Å². The molecule has 1 saturated heterocycles. The molecule has 1 atom stereocenters. The lowest BCUT2D eigenvalue weighted by atomic mass is 10.0. The Morgan fingerprint density at radius 2 is 2.26 bits per heavy atom. The minimum absolute atomic E-state index is 0.0486. The van der Waals surface area contributed by atoms with E-state index >= 15 is 0 Å². The van der Waals surface area contributed by atoms with E-state index in [1.165, 1.54) is 0 Å². The van der Waals surface area contributed by atoms with Crippen molar-refractivity contribution in [2.45, 2.75) is 39.7 Å². The van der Waals surface area contributed by atoms with E-state index in [0.29, 0.717) is 0 Å². The number of carbonyl (C=O) groups excluding carboxylic acids is 1. The molecule has 2 rings (SSSR count). The highest BCUT2D eigenvalue weighted by Gasteiger charge is 2.22. The summed E-state index contributed by atoms with van der Waals surface area (Å²) in [6.07, 6.45) is 2.15. The highest BCUT2D eigenvalue weighted by atomic mass is 16.1. The van der Waals surface area contributed by atoms with Crippen LogP contribution < -0.4 is 10.2 Å². The molecule has 0 saturated carbocycles. The Bertz CT molecular complexity index is 445. The van der Waals surface area contributed by atoms with Crippen molar-refractivity contribution in [2.75, 3.05) is 18.0 Å². The third-order valence-electron chi connectivity index (χ3n) is 3.49. The predicted molar refractivity (Wildman–Crippen MR) is 77.2 cm³/mol. The minimum atomic E-state index is 0.0486. The van der Waals surface area contributed by atoms with Gasteiger partial charge in [0.1, 0.15) is 5.82 Å². The number of pyridine rings is 1. The summed E-state index contributed by atoms with van der Waals surface area (Å²) in [5.74, 6) is 1.21. The number of hydrogen-bond donors (Lipinski definition) is 1. The number of piperidine rings is 1. The Balaban J connectivity index is 1.99. The Hall–Kier alpha value is -1.58. The molecule has 1 aromatic heterocycles. The highest BCUT2D eigenvalue weighted by molar-refractivity contribution is 5.78. The maximum atomic E-state index is 11.8. The van der Waals surface area contributed by atoms with Crippen LogP contribution in [-0.4, -0.2) is 30.0 Å². The van der Waals surface area contributed by atoms with Crippen molar-refractivity contribution in [2.24, 2.45) is 5.92 Å². The standard InChI is InChI=1S/C15H23N3O/c1-11(2)15(19)17-13-7-5-9-18(10-13)14-8-4-6-12(3)16-14/h4,6,8,11,13H,5,7,9-10H2,1-3H3,(H,17,19). The van der Waals surface area contributed by atoms with Gasteiger partial charge in [-0.25, -0.2) is 4.98 Å². The average molecular weight is 261 g/mol. The summed E-state index contributed by atoms with van der Waals surface area (Å²) >= 11 is 0. The second-order valence-electron chi connectivity index (χ2n) is 5.59. The second kappa shape index (κ2) is 6.04. The number of nitrogens with one attached hydrogen (secondary N) is 1. The average Bonchev–Trinajstić information content (AvgIpc) is 2.39. The van der Waals surface area contributed by atoms with Crippen LogP contribution in [-0.2, 0) is 4.79 Å². The quantitative estimate of drug-likeness (QED) is 0.906. The number of rotatable bonds is 3. The van der Waals surface area contributed by atoms with Crippen LogP contribution in [0.4, 0.5) is 5.82 Å². The first kappa shape index (κ1) is 13.8. The third-order valence-corrected chi connectivity index (χ3v) is 3.49. The number of carbonyl (C=O) groups is 1. The predicted octanol–water partition coefficient (Wildman–Crippen LogP) is 2.13. The van der Waals surface area contributed by atoms with Crippen molar-refractivity contribution < 1.29 is 4.79 Å². The van der Waals surface area contributed by atoms with E-state index in [9.17, 15) is 4.79 Å². The zero-order chi connectivity index (χ0) is 13.8. The van der Waals surface area contributed by atoms with Crippen LogP contribution in [0.5, 0.6) is 0 Å². The van der Waals surface area contributed by atoms with Crippen LogP contribution in [0.15, 0.2) is 18.2 Å². The van der Waals surface area contributed by atoms with Crippen LogP contribution in [0.2, 0.25) is 0 Å². The highest BCUT2D eigenvalue weighted by Crippen LogP contribution is 2.18. The van der Waals surface area contributed by atoms with Gasteiger partial charge in [0.2, 0.25) is 5.91 Å². The molecular weight excluding hydrogens is 238 g/mol. The van der Waals surface area contributed by atoms with Gasteiger partial charge in [-0.05, 0) is 31.9 Å². The number of nitrogens with zero attached hydrogens (tertiary/aromatic N) is 2. The van der Waals surface area contributed by atoms with E-state index in [2.05, 4.69) is 15.2 Å². The topological polar surface area (TPSA) is 45.2 Å². The van der Waals surface area contributed by atoms with Crippen LogP contribution in [0.1, 0.15) is 32.4 Å². The first-order valence-electron chi connectivity index (χ1n) is 7.05. The van der Waals surface area contributed by atoms with Gasteiger partial charge in [-0.1, -0.05) is 19.9 Å². The molecule has 0 radical (unpaired) electrons. The molecule has 1 aliphatic rings. The van der Waals surface area contributed by atoms with Crippen LogP contribution in [0, 0.1) is 12.8 Å². The SMILES string of the molecule is Cc1cccc(N2CCCC(NC(=O)C(C)C)C2)n1. The summed E-state index contributed by atoms with van der Waals surface area (Å²) in [5.41, 5.74) is 1.03. The Labute approximate surface area is 115 Å². The lowest BCUT2D eigenvalue weighted by Crippen LogP contribution is -2.49. The summed E-state index contributed by atoms with van der Waals surface area (Å²) < 4.78 is 0. The fourth-order valence-corrected chi connectivity index (χ4v) is 2.38. The summed E-state index contributed by atoms with van der Waals surface area (Å²) in [4.78, 5) is 18.6. The fourth-order valence-electron chi connectivity index (χ4n) is 2.38. The lowest BCUT2D eigenvalue weighted by molar-refractivity contribution is -0.124. The van der Waals surface area contributed by atoms with E-state index in [0.717, 1.165) is 37.4 Å². The summed E-state index contributed by atoms with van der Waals surface area (Å²) in [7, 11) is 0. The molecule has 4 heteroatoms. The molecule has 1 N–H and O–H groups in total. The molecule has 4 nitrogen and oxygen atoms in total. The first-order chi connectivity index (χ1) is 9.06. The van der Waals surface area contributed by atoms with Crippen molar-refractivity contribution in [1.29, 1.82) is 0 Å². The molecule has 0 spiro atoms. The molecule has 0 aliphatic carbocycles. The molecule has 104 valence electrons. The van der Waals surface area contributed by atoms with Gasteiger partial charge < -0.3 is 10.2 Å². The van der Waals surface area contributed by atoms with Gasteiger partial charge in [-0.15, -0.1) is 0 Å². The molecule has 2 heterocycles. The second-order valence-corrected chi connectivity index (χ2v) is 5.59. The molecule has 0 bridgehead atoms. The maximum absolute atomic E-state index is 11.8. The fraction of sp³-hybridized carbons (Fsp3) is 0.600. The number of amides is 1. The summed E-state index contributed by atoms with van der Waals surface area (Å²) in [6, 6.07) is 6.32. The van der Waals surface area contributed by atoms with Crippen molar-refractivity contribution >= 4 is 11.7 Å². The Kier molecular flexibility index (Phi) is 4.40. The molecule has 1 fully saturated rings. The summed E-state index contributed by atoms with van der Waals surface area (Å²) in [5, 5.41) is 3.12. The van der Waals surface area contributed by atoms with E-state index in [1.54, 1.807) is 0 Å². The molecule has 1 unspecified atom stereocenters. The van der Waals surface area contributed by atoms with Gasteiger partial charge in [0.15, 0.2) is 0 Å². The van der Waals surface area contributed by atoms with Crippen molar-refractivity contribution in [3.63, 3.8) is 0 Å². The van der Waals surface area contributed by atoms with Crippen molar-refractivity contribution in [1.82, 2.24) is 10.3 Å². The smallest absolute Gasteiger partial charge is 0.222 e. The number of aromatic nitrogens is 1. The van der Waals surface area contributed by atoms with Crippen LogP contribution in [0.25, 0.3) is 0 Å². The number of hydrogen-bond acceptors (Lipinski definition) is 3. The van der Waals surface area contributed by atoms with Gasteiger partial charge >= 0.3 is 0 Å². The van der Waals surface area contributed by atoms with Gasteiger partial charge in [-0.3, -0.25) is 4.79 Å². The molecule has 1 aromatic rings. The van der Waals surface area contributed by atoms with E-state index in [4.69, 9.17) is 0 Å². The third kappa shape index (κ3) is 3.69. The van der Waals surface area contributed by atoms with E-state index in [1.807, 2.05) is 39.0 Å². The summed E-state index contributed by atoms with van der Waals surface area (Å²) in [6.45, 7) is 7.74. The largest absolute Gasteiger partial charge is 0.355 e. The molecular formula is C15H23N3O. The number of anilines is 1. The Morgan fingerprint density at radius 1 is 1.47 bits per heavy atom. The Morgan fingerprint density at radius 3 is 2.95 bits per heavy atom. The monoisotopic (exact) mass is 261 g/mol. The zero-order valence-electron chi connectivity index (χ0n) is 12.0. The van der Waals surface area contributed by atoms with Gasteiger partial charge in [-0.2, -0.15) is 0 Å². The number of aryl methyl sites for hydroxylation is 1. The van der Waals surface area contributed by atoms with Crippen LogP contribution in [0.3, 0.4) is 0 Å². The van der Waals surface area contributed by atoms with Gasteiger partial charge in [0.05, 0.1) is 0 Å². The van der Waals surface area contributed by atoms with Crippen molar-refractivity contribution in [3.8, 4) is 0 Å². The normalized spacial score (nSPS) is 19.6. The molecule has 1 aliphatic heterocycles.